The smallest absolute Gasteiger partial charge is 1.00 e. The summed E-state index contributed by atoms with van der Waals surface area (Å²) in [7, 11) is -3.71. The van der Waals surface area contributed by atoms with Crippen molar-refractivity contribution in [2.75, 3.05) is 10.5 Å². The second-order valence-electron chi connectivity index (χ2n) is 4.42. The van der Waals surface area contributed by atoms with Crippen LogP contribution < -0.4 is 40.0 Å². The molecule has 3 rings (SSSR count). The number of hydrogen-bond donors (Lipinski definition) is 2. The van der Waals surface area contributed by atoms with Crippen molar-refractivity contribution in [2.24, 2.45) is 0 Å². The Hall–Kier alpha value is -1.67. The maximum absolute atomic E-state index is 12.2. The van der Waals surface area contributed by atoms with Crippen LogP contribution in [-0.4, -0.2) is 18.4 Å². The van der Waals surface area contributed by atoms with Gasteiger partial charge in [0.2, 0.25) is 0 Å². The van der Waals surface area contributed by atoms with Gasteiger partial charge in [0.25, 0.3) is 10.0 Å². The Morgan fingerprint density at radius 1 is 1.00 bits per heavy atom. The first-order chi connectivity index (χ1) is 10.0. The molecule has 0 aliphatic rings. The predicted octanol–water partition coefficient (Wildman–Crippen LogP) is -0.871. The van der Waals surface area contributed by atoms with Gasteiger partial charge in [-0.15, -0.1) is 0 Å². The van der Waals surface area contributed by atoms with Crippen molar-refractivity contribution < 1.29 is 39.4 Å². The molecule has 8 heteroatoms. The zero-order chi connectivity index (χ0) is 14.9. The Morgan fingerprint density at radius 3 is 2.32 bits per heavy atom. The number of nitrogens with one attached hydrogen (secondary N) is 1. The molecule has 6 nitrogen and oxygen atoms in total. The average Bonchev–Trinajstić information content (AvgIpc) is 2.47. The molecule has 2 aromatic carbocycles. The van der Waals surface area contributed by atoms with E-state index in [4.69, 9.17) is 5.73 Å². The third-order valence-corrected chi connectivity index (χ3v) is 4.25. The molecular formula is C14H13N4NaO2S. The van der Waals surface area contributed by atoms with E-state index >= 15 is 0 Å². The molecule has 0 spiro atoms. The van der Waals surface area contributed by atoms with Crippen LogP contribution in [0.15, 0.2) is 59.6 Å². The molecule has 0 aliphatic carbocycles. The summed E-state index contributed by atoms with van der Waals surface area (Å²) in [5, 5.41) is 0. The maximum atomic E-state index is 12.2. The van der Waals surface area contributed by atoms with E-state index in [2.05, 4.69) is 14.7 Å². The summed E-state index contributed by atoms with van der Waals surface area (Å²) in [6.45, 7) is 0. The fourth-order valence-corrected chi connectivity index (χ4v) is 2.84. The van der Waals surface area contributed by atoms with E-state index < -0.39 is 10.0 Å². The van der Waals surface area contributed by atoms with Crippen LogP contribution in [0.5, 0.6) is 0 Å². The van der Waals surface area contributed by atoms with Gasteiger partial charge in [0, 0.05) is 5.69 Å². The summed E-state index contributed by atoms with van der Waals surface area (Å²) in [6, 6.07) is 13.2. The van der Waals surface area contributed by atoms with Gasteiger partial charge in [0.1, 0.15) is 0 Å². The summed E-state index contributed by atoms with van der Waals surface area (Å²) in [5.74, 6) is 0.172. The molecule has 1 aromatic heterocycles. The van der Waals surface area contributed by atoms with E-state index in [1.165, 1.54) is 30.5 Å². The van der Waals surface area contributed by atoms with Gasteiger partial charge in [-0.25, -0.2) is 13.4 Å². The fraction of sp³-hybridized carbons (Fsp3) is 0. The molecule has 0 amide bonds. The number of benzene rings is 2. The molecule has 0 saturated carbocycles. The van der Waals surface area contributed by atoms with Crippen molar-refractivity contribution in [3.8, 4) is 0 Å². The molecule has 1 heterocycles. The van der Waals surface area contributed by atoms with Crippen LogP contribution in [0.25, 0.3) is 11.0 Å². The molecule has 0 saturated heterocycles. The zero-order valence-electron chi connectivity index (χ0n) is 12.9. The maximum Gasteiger partial charge on any atom is 1.00 e. The number of sulfonamides is 1. The van der Waals surface area contributed by atoms with Gasteiger partial charge in [0.15, 0.2) is 5.82 Å². The van der Waals surface area contributed by atoms with E-state index in [0.29, 0.717) is 16.7 Å². The Kier molecular flexibility index (Phi) is 5.02. The number of aromatic nitrogens is 2. The summed E-state index contributed by atoms with van der Waals surface area (Å²) < 4.78 is 26.9. The standard InChI is InChI=1S/C14H12N4O2S.Na.H/c15-10-5-7-11(8-6-10)21(19,20)18-14-9-16-12-3-1-2-4-13(12)17-14;;/h1-9H,15H2,(H,17,18);;/q;+1;-1. The second-order valence-corrected chi connectivity index (χ2v) is 6.10. The molecule has 0 fully saturated rings. The van der Waals surface area contributed by atoms with Crippen LogP contribution in [0.4, 0.5) is 11.5 Å². The Bertz CT molecular complexity index is 904. The summed E-state index contributed by atoms with van der Waals surface area (Å²) in [6.07, 6.45) is 1.39. The van der Waals surface area contributed by atoms with Crippen molar-refractivity contribution in [3.05, 3.63) is 54.7 Å². The van der Waals surface area contributed by atoms with E-state index in [0.717, 1.165) is 0 Å². The van der Waals surface area contributed by atoms with Gasteiger partial charge < -0.3 is 7.16 Å². The number of nitrogen functional groups attached to an aromatic ring is 1. The van der Waals surface area contributed by atoms with E-state index in [1.807, 2.05) is 12.1 Å². The number of anilines is 2. The first kappa shape index (κ1) is 16.7. The largest absolute Gasteiger partial charge is 1.00 e. The Labute approximate surface area is 151 Å². The minimum Gasteiger partial charge on any atom is -1.00 e. The van der Waals surface area contributed by atoms with Gasteiger partial charge in [0.05, 0.1) is 22.1 Å². The third kappa shape index (κ3) is 3.56. The molecule has 3 aromatic rings. The van der Waals surface area contributed by atoms with Crippen LogP contribution in [0.1, 0.15) is 1.43 Å². The zero-order valence-corrected chi connectivity index (χ0v) is 14.7. The summed E-state index contributed by atoms with van der Waals surface area (Å²) >= 11 is 0. The van der Waals surface area contributed by atoms with Crippen molar-refractivity contribution in [3.63, 3.8) is 0 Å². The molecular weight excluding hydrogens is 311 g/mol. The molecule has 0 unspecified atom stereocenters. The van der Waals surface area contributed by atoms with Crippen molar-refractivity contribution in [2.45, 2.75) is 4.90 Å². The van der Waals surface area contributed by atoms with E-state index in [9.17, 15) is 8.42 Å². The van der Waals surface area contributed by atoms with Crippen LogP contribution in [0.2, 0.25) is 0 Å². The monoisotopic (exact) mass is 324 g/mol. The van der Waals surface area contributed by atoms with Gasteiger partial charge >= 0.3 is 29.6 Å². The van der Waals surface area contributed by atoms with Gasteiger partial charge in [-0.3, -0.25) is 9.71 Å². The first-order valence-electron chi connectivity index (χ1n) is 6.15. The van der Waals surface area contributed by atoms with Crippen molar-refractivity contribution >= 4 is 32.6 Å². The second kappa shape index (κ2) is 6.62. The molecule has 108 valence electrons. The SMILES string of the molecule is Nc1ccc(S(=O)(=O)Nc2cnc3ccccc3n2)cc1.[H-].[Na+]. The van der Waals surface area contributed by atoms with E-state index in [1.54, 1.807) is 12.1 Å². The summed E-state index contributed by atoms with van der Waals surface area (Å²) in [4.78, 5) is 8.51. The van der Waals surface area contributed by atoms with Gasteiger partial charge in [-0.1, -0.05) is 12.1 Å². The van der Waals surface area contributed by atoms with Crippen LogP contribution in [0.3, 0.4) is 0 Å². The average molecular weight is 324 g/mol. The normalized spacial score (nSPS) is 10.9. The van der Waals surface area contributed by atoms with Crippen LogP contribution >= 0.6 is 0 Å². The minimum atomic E-state index is -3.71. The number of nitrogens with two attached hydrogens (primary N) is 1. The van der Waals surface area contributed by atoms with Crippen molar-refractivity contribution in [1.82, 2.24) is 9.97 Å². The number of hydrogen-bond acceptors (Lipinski definition) is 5. The first-order valence-corrected chi connectivity index (χ1v) is 7.63. The third-order valence-electron chi connectivity index (χ3n) is 2.88. The van der Waals surface area contributed by atoms with E-state index in [-0.39, 0.29) is 41.7 Å². The quantitative estimate of drug-likeness (QED) is 0.482. The molecule has 0 atom stereocenters. The Morgan fingerprint density at radius 2 is 1.64 bits per heavy atom. The summed E-state index contributed by atoms with van der Waals surface area (Å²) in [5.41, 5.74) is 7.37. The predicted molar refractivity (Wildman–Crippen MR) is 82.3 cm³/mol. The van der Waals surface area contributed by atoms with Crippen LogP contribution in [0, 0.1) is 0 Å². The molecule has 3 N–H and O–H groups in total. The number of nitrogens with zero attached hydrogens (tertiary/aromatic N) is 2. The number of rotatable bonds is 3. The van der Waals surface area contributed by atoms with Crippen LogP contribution in [-0.2, 0) is 10.0 Å². The number of para-hydroxylation sites is 2. The Balaban J connectivity index is 0.00000132. The molecule has 22 heavy (non-hydrogen) atoms. The molecule has 0 aliphatic heterocycles. The van der Waals surface area contributed by atoms with Gasteiger partial charge in [-0.05, 0) is 36.4 Å². The van der Waals surface area contributed by atoms with Crippen molar-refractivity contribution in [1.29, 1.82) is 0 Å². The van der Waals surface area contributed by atoms with Gasteiger partial charge in [-0.2, -0.15) is 0 Å². The number of fused-ring (bicyclic) bond motifs is 1. The fourth-order valence-electron chi connectivity index (χ4n) is 1.85. The molecule has 0 bridgehead atoms. The molecule has 0 radical (unpaired) electrons. The minimum absolute atomic E-state index is 0. The topological polar surface area (TPSA) is 98.0 Å².